The van der Waals surface area contributed by atoms with E-state index in [4.69, 9.17) is 21.7 Å². The van der Waals surface area contributed by atoms with E-state index in [1.807, 2.05) is 0 Å². The van der Waals surface area contributed by atoms with Gasteiger partial charge in [-0.05, 0) is 42.0 Å². The second-order valence-corrected chi connectivity index (χ2v) is 8.50. The third-order valence-electron chi connectivity index (χ3n) is 4.62. The van der Waals surface area contributed by atoms with Gasteiger partial charge in [-0.2, -0.15) is 13.2 Å². The van der Waals surface area contributed by atoms with Crippen LogP contribution >= 0.6 is 24.0 Å². The van der Waals surface area contributed by atoms with Crippen LogP contribution in [0, 0.1) is 0 Å². The molecule has 11 heteroatoms. The highest BCUT2D eigenvalue weighted by Gasteiger charge is 2.32. The summed E-state index contributed by atoms with van der Waals surface area (Å²) < 4.78 is 49.2. The number of amides is 2. The van der Waals surface area contributed by atoms with E-state index in [-0.39, 0.29) is 24.6 Å². The van der Waals surface area contributed by atoms with Crippen LogP contribution in [0.15, 0.2) is 47.4 Å². The summed E-state index contributed by atoms with van der Waals surface area (Å²) in [6.45, 7) is -0.00125. The van der Waals surface area contributed by atoms with E-state index in [1.165, 1.54) is 31.3 Å². The Morgan fingerprint density at radius 2 is 1.88 bits per heavy atom. The number of rotatable bonds is 7. The Labute approximate surface area is 197 Å². The molecule has 33 heavy (non-hydrogen) atoms. The van der Waals surface area contributed by atoms with Gasteiger partial charge in [0.15, 0.2) is 11.5 Å². The number of ether oxygens (including phenoxy) is 2. The predicted molar refractivity (Wildman–Crippen MR) is 124 cm³/mol. The zero-order valence-electron chi connectivity index (χ0n) is 17.6. The van der Waals surface area contributed by atoms with E-state index in [0.717, 1.165) is 23.9 Å². The van der Waals surface area contributed by atoms with Crippen molar-refractivity contribution >= 4 is 51.9 Å². The molecule has 2 aromatic carbocycles. The molecule has 1 heterocycles. The zero-order chi connectivity index (χ0) is 24.2. The summed E-state index contributed by atoms with van der Waals surface area (Å²) in [6, 6.07) is 9.52. The first-order valence-corrected chi connectivity index (χ1v) is 10.8. The Hall–Kier alpha value is -3.05. The molecule has 0 bridgehead atoms. The van der Waals surface area contributed by atoms with Gasteiger partial charge in [-0.15, -0.1) is 0 Å². The fraction of sp³-hybridized carbons (Fsp3) is 0.227. The smallest absolute Gasteiger partial charge is 0.416 e. The van der Waals surface area contributed by atoms with Crippen LogP contribution in [0.2, 0.25) is 0 Å². The molecule has 1 saturated heterocycles. The van der Waals surface area contributed by atoms with Crippen molar-refractivity contribution < 1.29 is 32.2 Å². The monoisotopic (exact) mass is 496 g/mol. The van der Waals surface area contributed by atoms with E-state index in [0.29, 0.717) is 26.3 Å². The van der Waals surface area contributed by atoms with Crippen LogP contribution in [0.5, 0.6) is 11.5 Å². The van der Waals surface area contributed by atoms with Crippen LogP contribution in [-0.4, -0.2) is 41.8 Å². The minimum atomic E-state index is -4.51. The topological polar surface area (TPSA) is 67.9 Å². The van der Waals surface area contributed by atoms with Gasteiger partial charge in [0, 0.05) is 18.7 Å². The maximum absolute atomic E-state index is 12.8. The summed E-state index contributed by atoms with van der Waals surface area (Å²) in [5.74, 6) is 0.167. The molecule has 0 spiro atoms. The molecule has 1 aliphatic heterocycles. The molecule has 0 aliphatic carbocycles. The third kappa shape index (κ3) is 6.05. The lowest BCUT2D eigenvalue weighted by Gasteiger charge is -2.14. The van der Waals surface area contributed by atoms with Crippen molar-refractivity contribution in [3.05, 3.63) is 58.5 Å². The van der Waals surface area contributed by atoms with Crippen molar-refractivity contribution in [2.24, 2.45) is 0 Å². The van der Waals surface area contributed by atoms with Crippen LogP contribution in [-0.2, 0) is 15.8 Å². The number of benzene rings is 2. The van der Waals surface area contributed by atoms with Crippen molar-refractivity contribution in [2.75, 3.05) is 26.1 Å². The molecule has 0 saturated carbocycles. The molecule has 1 N–H and O–H groups in total. The molecule has 2 aromatic rings. The highest BCUT2D eigenvalue weighted by molar-refractivity contribution is 8.26. The first-order chi connectivity index (χ1) is 15.6. The highest BCUT2D eigenvalue weighted by Crippen LogP contribution is 2.35. The summed E-state index contributed by atoms with van der Waals surface area (Å²) in [7, 11) is 3.03. The molecule has 0 radical (unpaired) electrons. The lowest BCUT2D eigenvalue weighted by atomic mass is 10.2. The summed E-state index contributed by atoms with van der Waals surface area (Å²) in [5.41, 5.74) is -0.137. The maximum Gasteiger partial charge on any atom is 0.416 e. The average molecular weight is 497 g/mol. The van der Waals surface area contributed by atoms with E-state index in [2.05, 4.69) is 5.32 Å². The van der Waals surface area contributed by atoms with Gasteiger partial charge in [0.2, 0.25) is 5.91 Å². The van der Waals surface area contributed by atoms with E-state index in [9.17, 15) is 22.8 Å². The Bertz CT molecular complexity index is 1120. The molecule has 0 aromatic heterocycles. The van der Waals surface area contributed by atoms with Gasteiger partial charge < -0.3 is 14.8 Å². The normalized spacial score (nSPS) is 15.2. The van der Waals surface area contributed by atoms with Crippen LogP contribution in [0.1, 0.15) is 17.5 Å². The first kappa shape index (κ1) is 24.6. The van der Waals surface area contributed by atoms with Gasteiger partial charge in [-0.3, -0.25) is 14.5 Å². The average Bonchev–Trinajstić information content (AvgIpc) is 3.04. The van der Waals surface area contributed by atoms with Gasteiger partial charge in [0.1, 0.15) is 4.32 Å². The highest BCUT2D eigenvalue weighted by atomic mass is 32.2. The Morgan fingerprint density at radius 3 is 2.55 bits per heavy atom. The van der Waals surface area contributed by atoms with Gasteiger partial charge in [0.25, 0.3) is 5.91 Å². The van der Waals surface area contributed by atoms with Crippen LogP contribution < -0.4 is 14.8 Å². The second kappa shape index (κ2) is 10.3. The van der Waals surface area contributed by atoms with Gasteiger partial charge in [0.05, 0.1) is 24.7 Å². The lowest BCUT2D eigenvalue weighted by molar-refractivity contribution is -0.137. The van der Waals surface area contributed by atoms with Crippen LogP contribution in [0.25, 0.3) is 6.08 Å². The number of nitrogens with zero attached hydrogens (tertiary/aromatic N) is 1. The number of methoxy groups -OCH3 is 2. The van der Waals surface area contributed by atoms with Crippen LogP contribution in [0.4, 0.5) is 18.9 Å². The number of carbonyl (C=O) groups excluding carboxylic acids is 2. The Balaban J connectivity index is 1.63. The molecule has 2 amide bonds. The van der Waals surface area contributed by atoms with Crippen molar-refractivity contribution in [2.45, 2.75) is 12.6 Å². The van der Waals surface area contributed by atoms with Crippen molar-refractivity contribution in [3.8, 4) is 11.5 Å². The van der Waals surface area contributed by atoms with Gasteiger partial charge in [-0.1, -0.05) is 36.1 Å². The number of alkyl halides is 3. The predicted octanol–water partition coefficient (Wildman–Crippen LogP) is 4.95. The molecular formula is C22H19F3N2O4S2. The quantitative estimate of drug-likeness (QED) is 0.432. The number of thioether (sulfide) groups is 1. The Kier molecular flexibility index (Phi) is 7.65. The Morgan fingerprint density at radius 1 is 1.15 bits per heavy atom. The van der Waals surface area contributed by atoms with Crippen LogP contribution in [0.3, 0.4) is 0 Å². The molecule has 3 rings (SSSR count). The molecule has 0 atom stereocenters. The maximum atomic E-state index is 12.8. The summed E-state index contributed by atoms with van der Waals surface area (Å²) in [4.78, 5) is 26.7. The zero-order valence-corrected chi connectivity index (χ0v) is 19.2. The van der Waals surface area contributed by atoms with Gasteiger partial charge in [-0.25, -0.2) is 0 Å². The van der Waals surface area contributed by atoms with E-state index in [1.54, 1.807) is 24.3 Å². The summed E-state index contributed by atoms with van der Waals surface area (Å²) in [5, 5.41) is 2.42. The number of halogens is 3. The van der Waals surface area contributed by atoms with Crippen molar-refractivity contribution in [3.63, 3.8) is 0 Å². The number of carbonyl (C=O) groups is 2. The largest absolute Gasteiger partial charge is 0.493 e. The molecule has 0 unspecified atom stereocenters. The fourth-order valence-electron chi connectivity index (χ4n) is 3.00. The number of anilines is 1. The first-order valence-electron chi connectivity index (χ1n) is 9.57. The number of hydrogen-bond acceptors (Lipinski definition) is 6. The standard InChI is InChI=1S/C22H19F3N2O4S2/c1-30-16-7-6-13(10-17(16)31-2)11-18-20(29)27(21(32)33-18)9-8-19(28)26-15-5-3-4-14(12-15)22(23,24)25/h3-7,10-12H,8-9H2,1-2H3,(H,26,28)/b18-11-. The number of hydrogen-bond donors (Lipinski definition) is 1. The number of nitrogens with one attached hydrogen (secondary N) is 1. The fourth-order valence-corrected chi connectivity index (χ4v) is 4.31. The molecule has 6 nitrogen and oxygen atoms in total. The summed E-state index contributed by atoms with van der Waals surface area (Å²) >= 11 is 6.37. The minimum Gasteiger partial charge on any atom is -0.493 e. The van der Waals surface area contributed by atoms with E-state index < -0.39 is 17.6 Å². The molecule has 1 aliphatic rings. The third-order valence-corrected chi connectivity index (χ3v) is 5.99. The lowest BCUT2D eigenvalue weighted by Crippen LogP contribution is -2.31. The van der Waals surface area contributed by atoms with E-state index >= 15 is 0 Å². The molecular weight excluding hydrogens is 477 g/mol. The SMILES string of the molecule is COc1ccc(/C=C2\SC(=S)N(CCC(=O)Nc3cccc(C(F)(F)F)c3)C2=O)cc1OC. The second-order valence-electron chi connectivity index (χ2n) is 6.82. The van der Waals surface area contributed by atoms with Crippen molar-refractivity contribution in [1.82, 2.24) is 4.90 Å². The van der Waals surface area contributed by atoms with Crippen molar-refractivity contribution in [1.29, 1.82) is 0 Å². The van der Waals surface area contributed by atoms with Gasteiger partial charge >= 0.3 is 6.18 Å². The molecule has 174 valence electrons. The summed E-state index contributed by atoms with van der Waals surface area (Å²) in [6.07, 6.45) is -2.99. The number of thiocarbonyl (C=S) groups is 1. The molecule has 1 fully saturated rings. The minimum absolute atomic E-state index is 0.00125.